The molecular weight excluding hydrogens is 360 g/mol. The Hall–Kier alpha value is -3.02. The number of hydrogen-bond acceptors (Lipinski definition) is 6. The lowest BCUT2D eigenvalue weighted by Crippen LogP contribution is -2.21. The van der Waals surface area contributed by atoms with Crippen molar-refractivity contribution in [2.24, 2.45) is 0 Å². The predicted octanol–water partition coefficient (Wildman–Crippen LogP) is 4.71. The van der Waals surface area contributed by atoms with Gasteiger partial charge in [0.15, 0.2) is 11.5 Å². The summed E-state index contributed by atoms with van der Waals surface area (Å²) in [4.78, 5) is 35.3. The van der Waals surface area contributed by atoms with Crippen molar-refractivity contribution >= 4 is 11.9 Å². The molecule has 0 aromatic heterocycles. The fourth-order valence-electron chi connectivity index (χ4n) is 3.09. The van der Waals surface area contributed by atoms with Crippen molar-refractivity contribution in [1.82, 2.24) is 0 Å². The molecule has 0 aliphatic rings. The van der Waals surface area contributed by atoms with Gasteiger partial charge in [0.1, 0.15) is 11.1 Å². The molecule has 0 amide bonds. The lowest BCUT2D eigenvalue weighted by atomic mass is 9.79. The number of carbonyl (C=O) groups excluding carboxylic acids is 2. The minimum Gasteiger partial charge on any atom is -0.465 e. The van der Waals surface area contributed by atoms with E-state index in [0.29, 0.717) is 0 Å². The van der Waals surface area contributed by atoms with Gasteiger partial charge < -0.3 is 9.47 Å². The number of hydrogen-bond donors (Lipinski definition) is 0. The van der Waals surface area contributed by atoms with Crippen molar-refractivity contribution in [2.75, 3.05) is 14.2 Å². The molecule has 0 aliphatic carbocycles. The van der Waals surface area contributed by atoms with E-state index in [1.165, 1.54) is 14.2 Å². The van der Waals surface area contributed by atoms with Crippen LogP contribution in [-0.4, -0.2) is 26.2 Å². The van der Waals surface area contributed by atoms with Crippen LogP contribution < -0.4 is 9.78 Å². The van der Waals surface area contributed by atoms with Crippen LogP contribution in [0.15, 0.2) is 42.5 Å². The fraction of sp³-hybridized carbons (Fsp3) is 0.364. The standard InChI is InChI=1S/C22H26O6/c1-6-14-22(2,3)17-12-9-11-16(21(24)26-5)19(17)28-27-18-13-8-7-10-15(18)20(23)25-4/h7-13H,6,14H2,1-5H3. The van der Waals surface area contributed by atoms with Gasteiger partial charge in [-0.1, -0.05) is 51.5 Å². The van der Waals surface area contributed by atoms with Crippen LogP contribution in [0.2, 0.25) is 0 Å². The Kier molecular flexibility index (Phi) is 7.04. The lowest BCUT2D eigenvalue weighted by molar-refractivity contribution is -0.103. The van der Waals surface area contributed by atoms with E-state index in [1.807, 2.05) is 6.07 Å². The largest absolute Gasteiger partial charge is 0.465 e. The third-order valence-electron chi connectivity index (χ3n) is 4.53. The molecule has 0 bridgehead atoms. The monoisotopic (exact) mass is 386 g/mol. The first-order valence-corrected chi connectivity index (χ1v) is 9.09. The Morgan fingerprint density at radius 2 is 1.46 bits per heavy atom. The van der Waals surface area contributed by atoms with Gasteiger partial charge in [-0.3, -0.25) is 9.78 Å². The molecule has 2 aromatic rings. The Morgan fingerprint density at radius 3 is 2.11 bits per heavy atom. The summed E-state index contributed by atoms with van der Waals surface area (Å²) in [7, 11) is 2.60. The van der Waals surface area contributed by atoms with Crippen LogP contribution in [-0.2, 0) is 14.9 Å². The second-order valence-electron chi connectivity index (χ2n) is 6.96. The molecule has 150 valence electrons. The number of carbonyl (C=O) groups is 2. The van der Waals surface area contributed by atoms with Crippen molar-refractivity contribution in [2.45, 2.75) is 39.0 Å². The summed E-state index contributed by atoms with van der Waals surface area (Å²) in [6.45, 7) is 6.24. The van der Waals surface area contributed by atoms with Crippen LogP contribution in [0.25, 0.3) is 0 Å². The number of ether oxygens (including phenoxy) is 2. The SMILES string of the molecule is CCCC(C)(C)c1cccc(C(=O)OC)c1OOc1ccccc1C(=O)OC. The van der Waals surface area contributed by atoms with Gasteiger partial charge in [-0.25, -0.2) is 9.59 Å². The van der Waals surface area contributed by atoms with Gasteiger partial charge in [0, 0.05) is 5.56 Å². The highest BCUT2D eigenvalue weighted by molar-refractivity contribution is 5.93. The van der Waals surface area contributed by atoms with E-state index in [9.17, 15) is 9.59 Å². The van der Waals surface area contributed by atoms with Crippen molar-refractivity contribution < 1.29 is 28.8 Å². The smallest absolute Gasteiger partial charge is 0.341 e. The van der Waals surface area contributed by atoms with Crippen molar-refractivity contribution in [3.8, 4) is 11.5 Å². The van der Waals surface area contributed by atoms with Crippen LogP contribution in [0.1, 0.15) is 59.9 Å². The van der Waals surface area contributed by atoms with E-state index in [4.69, 9.17) is 19.2 Å². The van der Waals surface area contributed by atoms with E-state index in [1.54, 1.807) is 36.4 Å². The fourth-order valence-corrected chi connectivity index (χ4v) is 3.09. The van der Waals surface area contributed by atoms with E-state index < -0.39 is 11.9 Å². The summed E-state index contributed by atoms with van der Waals surface area (Å²) in [5, 5.41) is 0. The molecule has 0 atom stereocenters. The average Bonchev–Trinajstić information content (AvgIpc) is 2.70. The molecule has 0 heterocycles. The van der Waals surface area contributed by atoms with Gasteiger partial charge in [0.2, 0.25) is 0 Å². The minimum atomic E-state index is -0.549. The highest BCUT2D eigenvalue weighted by atomic mass is 17.2. The first-order chi connectivity index (χ1) is 13.4. The molecule has 2 rings (SSSR count). The van der Waals surface area contributed by atoms with E-state index in [0.717, 1.165) is 18.4 Å². The lowest BCUT2D eigenvalue weighted by Gasteiger charge is -2.27. The second kappa shape index (κ2) is 9.26. The molecule has 0 saturated carbocycles. The van der Waals surface area contributed by atoms with Crippen LogP contribution in [0.3, 0.4) is 0 Å². The second-order valence-corrected chi connectivity index (χ2v) is 6.96. The predicted molar refractivity (Wildman–Crippen MR) is 105 cm³/mol. The molecular formula is C22H26O6. The molecule has 0 aliphatic heterocycles. The Balaban J connectivity index is 2.47. The van der Waals surface area contributed by atoms with Gasteiger partial charge in [0.05, 0.1) is 14.2 Å². The maximum Gasteiger partial charge on any atom is 0.341 e. The molecule has 0 spiro atoms. The third kappa shape index (κ3) is 4.63. The molecule has 0 radical (unpaired) electrons. The van der Waals surface area contributed by atoms with Crippen LogP contribution in [0, 0.1) is 0 Å². The van der Waals surface area contributed by atoms with Gasteiger partial charge in [-0.15, -0.1) is 0 Å². The summed E-state index contributed by atoms with van der Waals surface area (Å²) < 4.78 is 9.66. The van der Waals surface area contributed by atoms with Gasteiger partial charge in [0.25, 0.3) is 0 Å². The van der Waals surface area contributed by atoms with Crippen LogP contribution >= 0.6 is 0 Å². The van der Waals surface area contributed by atoms with E-state index in [2.05, 4.69) is 20.8 Å². The number of benzene rings is 2. The number of para-hydroxylation sites is 2. The molecule has 28 heavy (non-hydrogen) atoms. The maximum absolute atomic E-state index is 12.3. The molecule has 6 nitrogen and oxygen atoms in total. The quantitative estimate of drug-likeness (QED) is 0.372. The summed E-state index contributed by atoms with van der Waals surface area (Å²) in [5.41, 5.74) is 1.02. The third-order valence-corrected chi connectivity index (χ3v) is 4.53. The zero-order valence-electron chi connectivity index (χ0n) is 16.9. The molecule has 0 unspecified atom stereocenters. The number of methoxy groups -OCH3 is 2. The average molecular weight is 386 g/mol. The maximum atomic E-state index is 12.3. The Morgan fingerprint density at radius 1 is 0.857 bits per heavy atom. The van der Waals surface area contributed by atoms with E-state index in [-0.39, 0.29) is 28.0 Å². The van der Waals surface area contributed by atoms with Crippen molar-refractivity contribution in [3.05, 3.63) is 59.2 Å². The Bertz CT molecular complexity index is 841. The normalized spacial score (nSPS) is 10.9. The topological polar surface area (TPSA) is 71.1 Å². The summed E-state index contributed by atoms with van der Waals surface area (Å²) in [5.74, 6) is -0.623. The van der Waals surface area contributed by atoms with Gasteiger partial charge in [-0.05, 0) is 30.0 Å². The molecule has 0 N–H and O–H groups in total. The first-order valence-electron chi connectivity index (χ1n) is 9.09. The van der Waals surface area contributed by atoms with Gasteiger partial charge >= 0.3 is 11.9 Å². The molecule has 6 heteroatoms. The van der Waals surface area contributed by atoms with Gasteiger partial charge in [-0.2, -0.15) is 0 Å². The summed E-state index contributed by atoms with van der Waals surface area (Å²) in [6, 6.07) is 11.8. The molecule has 0 saturated heterocycles. The number of esters is 2. The highest BCUT2D eigenvalue weighted by Crippen LogP contribution is 2.38. The van der Waals surface area contributed by atoms with Crippen LogP contribution in [0.4, 0.5) is 0 Å². The molecule has 0 fully saturated rings. The Labute approximate surface area is 165 Å². The minimum absolute atomic E-state index is 0.188. The van der Waals surface area contributed by atoms with Crippen LogP contribution in [0.5, 0.6) is 11.5 Å². The van der Waals surface area contributed by atoms with Crippen molar-refractivity contribution in [3.63, 3.8) is 0 Å². The number of rotatable bonds is 8. The zero-order chi connectivity index (χ0) is 20.7. The zero-order valence-corrected chi connectivity index (χ0v) is 16.9. The highest BCUT2D eigenvalue weighted by Gasteiger charge is 2.29. The first kappa shape index (κ1) is 21.3. The molecule has 2 aromatic carbocycles. The van der Waals surface area contributed by atoms with E-state index >= 15 is 0 Å². The summed E-state index contributed by atoms with van der Waals surface area (Å²) in [6.07, 6.45) is 1.84. The van der Waals surface area contributed by atoms with Crippen molar-refractivity contribution in [1.29, 1.82) is 0 Å². The summed E-state index contributed by atoms with van der Waals surface area (Å²) >= 11 is 0.